The van der Waals surface area contributed by atoms with E-state index in [-0.39, 0.29) is 16.5 Å². The van der Waals surface area contributed by atoms with Gasteiger partial charge in [-0.05, 0) is 50.2 Å². The van der Waals surface area contributed by atoms with E-state index in [0.717, 1.165) is 67.0 Å². The van der Waals surface area contributed by atoms with Crippen molar-refractivity contribution in [1.82, 2.24) is 13.7 Å². The zero-order valence-corrected chi connectivity index (χ0v) is 26.4. The summed E-state index contributed by atoms with van der Waals surface area (Å²) in [5, 5.41) is 2.08. The van der Waals surface area contributed by atoms with E-state index >= 15 is 0 Å². The minimum absolute atomic E-state index is 0.157. The smallest absolute Gasteiger partial charge is 0.216 e. The van der Waals surface area contributed by atoms with Gasteiger partial charge in [0.25, 0.3) is 0 Å². The third-order valence-corrected chi connectivity index (χ3v) is 9.83. The second-order valence-electron chi connectivity index (χ2n) is 11.2. The molecule has 47 heavy (non-hydrogen) atoms. The number of rotatable bonds is 5. The lowest BCUT2D eigenvalue weighted by molar-refractivity contribution is 0.511. The van der Waals surface area contributed by atoms with Crippen molar-refractivity contribution >= 4 is 77.7 Å². The highest BCUT2D eigenvalue weighted by molar-refractivity contribution is 7.21. The van der Waals surface area contributed by atoms with Crippen molar-refractivity contribution in [3.63, 3.8) is 0 Å². The van der Waals surface area contributed by atoms with E-state index in [4.69, 9.17) is 4.98 Å². The summed E-state index contributed by atoms with van der Waals surface area (Å²) in [4.78, 5) is 38.2. The molecule has 8 aromatic rings. The number of fused-ring (bicyclic) bond motifs is 3. The zero-order valence-electron chi connectivity index (χ0n) is 24.8. The van der Waals surface area contributed by atoms with Crippen LogP contribution in [0.15, 0.2) is 106 Å². The Morgan fingerprint density at radius 1 is 0.702 bits per heavy atom. The van der Waals surface area contributed by atoms with Crippen LogP contribution >= 0.6 is 23.1 Å². The van der Waals surface area contributed by atoms with Gasteiger partial charge in [-0.1, -0.05) is 59.7 Å². The molecule has 5 aromatic carbocycles. The van der Waals surface area contributed by atoms with Gasteiger partial charge < -0.3 is 4.90 Å². The van der Waals surface area contributed by atoms with Crippen molar-refractivity contribution in [1.29, 1.82) is 0 Å². The maximum atomic E-state index is 13.9. The van der Waals surface area contributed by atoms with E-state index in [2.05, 4.69) is 87.1 Å². The fourth-order valence-electron chi connectivity index (χ4n) is 5.70. The van der Waals surface area contributed by atoms with Gasteiger partial charge in [-0.3, -0.25) is 14.6 Å². The van der Waals surface area contributed by atoms with E-state index in [1.165, 1.54) is 6.20 Å². The van der Waals surface area contributed by atoms with Crippen LogP contribution in [-0.2, 0) is 0 Å². The molecule has 0 saturated carbocycles. The van der Waals surface area contributed by atoms with E-state index in [1.807, 2.05) is 18.2 Å². The quantitative estimate of drug-likeness (QED) is 0.185. The molecule has 0 aliphatic carbocycles. The third kappa shape index (κ3) is 4.74. The molecule has 0 bridgehead atoms. The van der Waals surface area contributed by atoms with E-state index in [1.54, 1.807) is 11.3 Å². The van der Waals surface area contributed by atoms with Gasteiger partial charge in [-0.25, -0.2) is 13.8 Å². The van der Waals surface area contributed by atoms with Gasteiger partial charge in [-0.15, -0.1) is 11.3 Å². The molecule has 0 fully saturated rings. The standard InChI is InChI=1S/C36H21F2N5O2S2/c1-18-7-11-20(12-8-18)43(21-13-9-19(2)10-14-21)36-23-6-4-3-5-22(23)35(46-36)31-30-29(41-47-42-30)28(17-39-31)40-32-33(44)24-15-26(37)27(38)16-25(24)34(32)45/h3-17H,1-2H3. The monoisotopic (exact) mass is 657 g/mol. The van der Waals surface area contributed by atoms with E-state index < -0.39 is 27.8 Å². The number of halogens is 2. The molecule has 11 heteroatoms. The molecule has 228 valence electrons. The summed E-state index contributed by atoms with van der Waals surface area (Å²) in [7, 11) is 0. The Bertz CT molecular complexity index is 2570. The van der Waals surface area contributed by atoms with Crippen LogP contribution < -0.4 is 21.1 Å². The SMILES string of the molecule is Cc1ccc(N(c2ccc(C)cc2)c2sc(-c3ncc(N=c4c(=O)c5cc(F)c(F)cc5c4=O)c4nsnc34)c3ccccc23)cc1. The summed E-state index contributed by atoms with van der Waals surface area (Å²) >= 11 is 2.53. The lowest BCUT2D eigenvalue weighted by atomic mass is 10.1. The minimum Gasteiger partial charge on any atom is -0.301 e. The number of hydrogen-bond donors (Lipinski definition) is 0. The molecular weight excluding hydrogens is 637 g/mol. The second-order valence-corrected chi connectivity index (χ2v) is 12.7. The van der Waals surface area contributed by atoms with Crippen LogP contribution in [0, 0.1) is 25.5 Å². The van der Waals surface area contributed by atoms with Crippen LogP contribution in [0.1, 0.15) is 11.1 Å². The number of pyridine rings is 1. The Balaban J connectivity index is 1.33. The van der Waals surface area contributed by atoms with E-state index in [0.29, 0.717) is 16.7 Å². The number of nitrogens with zero attached hydrogens (tertiary/aromatic N) is 5. The first-order chi connectivity index (χ1) is 22.8. The largest absolute Gasteiger partial charge is 0.301 e. The van der Waals surface area contributed by atoms with Crippen molar-refractivity contribution in [3.8, 4) is 10.6 Å². The fourth-order valence-corrected chi connectivity index (χ4v) is 7.57. The van der Waals surface area contributed by atoms with Gasteiger partial charge in [0.1, 0.15) is 27.4 Å². The predicted molar refractivity (Wildman–Crippen MR) is 184 cm³/mol. The lowest BCUT2D eigenvalue weighted by Gasteiger charge is -2.24. The average Bonchev–Trinajstić information content (AvgIpc) is 3.77. The fraction of sp³-hybridized carbons (Fsp3) is 0.0556. The number of aromatic nitrogens is 3. The maximum absolute atomic E-state index is 13.9. The van der Waals surface area contributed by atoms with Crippen LogP contribution in [-0.4, -0.2) is 13.7 Å². The average molecular weight is 658 g/mol. The summed E-state index contributed by atoms with van der Waals surface area (Å²) in [6.07, 6.45) is 1.45. The first-order valence-corrected chi connectivity index (χ1v) is 16.1. The van der Waals surface area contributed by atoms with Crippen LogP contribution in [0.2, 0.25) is 0 Å². The summed E-state index contributed by atoms with van der Waals surface area (Å²) < 4.78 is 36.8. The lowest BCUT2D eigenvalue weighted by Crippen LogP contribution is -2.31. The molecule has 0 radical (unpaired) electrons. The van der Waals surface area contributed by atoms with Crippen LogP contribution in [0.5, 0.6) is 0 Å². The normalized spacial score (nSPS) is 11.6. The zero-order chi connectivity index (χ0) is 32.4. The molecule has 0 spiro atoms. The van der Waals surface area contributed by atoms with Gasteiger partial charge in [0.2, 0.25) is 10.9 Å². The Labute approximate surface area is 273 Å². The van der Waals surface area contributed by atoms with Crippen LogP contribution in [0.25, 0.3) is 43.1 Å². The number of benzene rings is 4. The summed E-state index contributed by atoms with van der Waals surface area (Å²) in [5.41, 5.74) is 4.30. The molecular formula is C36H21F2N5O2S2. The molecule has 7 nitrogen and oxygen atoms in total. The number of thiophene rings is 1. The van der Waals surface area contributed by atoms with Crippen LogP contribution in [0.3, 0.4) is 0 Å². The van der Waals surface area contributed by atoms with Gasteiger partial charge in [-0.2, -0.15) is 8.75 Å². The third-order valence-electron chi connectivity index (χ3n) is 8.09. The maximum Gasteiger partial charge on any atom is 0.216 e. The summed E-state index contributed by atoms with van der Waals surface area (Å²) in [6, 6.07) is 26.3. The van der Waals surface area contributed by atoms with Crippen LogP contribution in [0.4, 0.5) is 30.8 Å². The number of hydrogen-bond acceptors (Lipinski definition) is 9. The first-order valence-electron chi connectivity index (χ1n) is 14.5. The Morgan fingerprint density at radius 3 is 1.85 bits per heavy atom. The molecule has 0 amide bonds. The molecule has 0 aliphatic rings. The van der Waals surface area contributed by atoms with Gasteiger partial charge in [0.05, 0.1) is 22.8 Å². The first kappa shape index (κ1) is 28.9. The Kier molecular flexibility index (Phi) is 6.81. The highest BCUT2D eigenvalue weighted by atomic mass is 32.1. The Morgan fingerprint density at radius 2 is 1.26 bits per heavy atom. The number of anilines is 3. The molecule has 0 saturated heterocycles. The van der Waals surface area contributed by atoms with Gasteiger partial charge in [0.15, 0.2) is 17.0 Å². The molecule has 3 aromatic heterocycles. The van der Waals surface area contributed by atoms with Gasteiger partial charge >= 0.3 is 0 Å². The highest BCUT2D eigenvalue weighted by Gasteiger charge is 2.24. The molecule has 0 N–H and O–H groups in total. The van der Waals surface area contributed by atoms with Crippen molar-refractivity contribution in [2.75, 3.05) is 4.90 Å². The second kappa shape index (κ2) is 11.1. The topological polar surface area (TPSA) is 88.4 Å². The molecule has 0 atom stereocenters. The predicted octanol–water partition coefficient (Wildman–Crippen LogP) is 8.31. The minimum atomic E-state index is -1.21. The molecule has 0 aliphatic heterocycles. The molecule has 3 heterocycles. The van der Waals surface area contributed by atoms with Crippen molar-refractivity contribution in [2.45, 2.75) is 13.8 Å². The van der Waals surface area contributed by atoms with Crippen molar-refractivity contribution in [2.24, 2.45) is 4.99 Å². The number of aryl methyl sites for hydroxylation is 2. The van der Waals surface area contributed by atoms with Crippen molar-refractivity contribution < 1.29 is 8.78 Å². The van der Waals surface area contributed by atoms with E-state index in [9.17, 15) is 18.4 Å². The summed E-state index contributed by atoms with van der Waals surface area (Å²) in [6.45, 7) is 4.12. The van der Waals surface area contributed by atoms with Gasteiger partial charge in [0, 0.05) is 32.9 Å². The highest BCUT2D eigenvalue weighted by Crippen LogP contribution is 2.49. The Hall–Kier alpha value is -5.52. The molecule has 0 unspecified atom stereocenters. The van der Waals surface area contributed by atoms with Crippen molar-refractivity contribution in [3.05, 3.63) is 140 Å². The molecule has 8 rings (SSSR count). The summed E-state index contributed by atoms with van der Waals surface area (Å²) in [5.74, 6) is -2.43.